The molecule has 100 valence electrons. The first kappa shape index (κ1) is 14.3. The van der Waals surface area contributed by atoms with Crippen LogP contribution in [0.15, 0.2) is 18.2 Å². The van der Waals surface area contributed by atoms with Crippen LogP contribution in [0.1, 0.15) is 18.5 Å². The van der Waals surface area contributed by atoms with Gasteiger partial charge in [0.2, 0.25) is 0 Å². The number of esters is 1. The lowest BCUT2D eigenvalue weighted by Crippen LogP contribution is -2.29. The predicted molar refractivity (Wildman–Crippen MR) is 68.0 cm³/mol. The average molecular weight is 253 g/mol. The van der Waals surface area contributed by atoms with Gasteiger partial charge in [-0.3, -0.25) is 0 Å². The molecule has 1 N–H and O–H groups in total. The molecule has 0 aliphatic carbocycles. The van der Waals surface area contributed by atoms with Crippen molar-refractivity contribution in [2.75, 3.05) is 27.9 Å². The first-order chi connectivity index (χ1) is 8.65. The van der Waals surface area contributed by atoms with Gasteiger partial charge in [-0.25, -0.2) is 4.79 Å². The lowest BCUT2D eigenvalue weighted by Gasteiger charge is -2.17. The summed E-state index contributed by atoms with van der Waals surface area (Å²) in [7, 11) is 4.50. The van der Waals surface area contributed by atoms with Crippen LogP contribution >= 0.6 is 0 Å². The molecule has 0 spiro atoms. The minimum atomic E-state index is -0.524. The van der Waals surface area contributed by atoms with Gasteiger partial charge in [0.25, 0.3) is 0 Å². The van der Waals surface area contributed by atoms with Gasteiger partial charge in [-0.05, 0) is 24.2 Å². The third kappa shape index (κ3) is 3.37. The zero-order chi connectivity index (χ0) is 13.5. The molecule has 5 heteroatoms. The molecule has 0 fully saturated rings. The smallest absolute Gasteiger partial charge is 0.327 e. The van der Waals surface area contributed by atoms with E-state index in [1.807, 2.05) is 6.92 Å². The van der Waals surface area contributed by atoms with E-state index in [1.54, 1.807) is 32.4 Å². The maximum absolute atomic E-state index is 11.7. The van der Waals surface area contributed by atoms with E-state index in [4.69, 9.17) is 14.2 Å². The molecule has 0 saturated carbocycles. The average Bonchev–Trinajstić information content (AvgIpc) is 2.43. The van der Waals surface area contributed by atoms with Gasteiger partial charge in [-0.1, -0.05) is 6.92 Å². The lowest BCUT2D eigenvalue weighted by atomic mass is 10.1. The van der Waals surface area contributed by atoms with E-state index in [2.05, 4.69) is 5.32 Å². The third-order valence-corrected chi connectivity index (χ3v) is 2.55. The number of carbonyl (C=O) groups is 1. The summed E-state index contributed by atoms with van der Waals surface area (Å²) in [6.45, 7) is 2.58. The number of ether oxygens (including phenoxy) is 3. The highest BCUT2D eigenvalue weighted by atomic mass is 16.5. The zero-order valence-corrected chi connectivity index (χ0v) is 11.1. The molecule has 0 amide bonds. The highest BCUT2D eigenvalue weighted by Crippen LogP contribution is 2.27. The highest BCUT2D eigenvalue weighted by Gasteiger charge is 2.21. The first-order valence-corrected chi connectivity index (χ1v) is 5.70. The summed E-state index contributed by atoms with van der Waals surface area (Å²) in [5.74, 6) is 0.930. The Morgan fingerprint density at radius 1 is 1.17 bits per heavy atom. The van der Waals surface area contributed by atoms with E-state index in [-0.39, 0.29) is 5.97 Å². The number of likely N-dealkylation sites (N-methyl/N-ethyl adjacent to an activating group) is 1. The van der Waals surface area contributed by atoms with Gasteiger partial charge in [0.15, 0.2) is 0 Å². The van der Waals surface area contributed by atoms with E-state index >= 15 is 0 Å². The number of hydrogen-bond donors (Lipinski definition) is 1. The second kappa shape index (κ2) is 6.86. The van der Waals surface area contributed by atoms with Gasteiger partial charge in [0.05, 0.1) is 21.3 Å². The van der Waals surface area contributed by atoms with E-state index in [0.717, 1.165) is 5.56 Å². The van der Waals surface area contributed by atoms with Crippen molar-refractivity contribution in [2.24, 2.45) is 0 Å². The first-order valence-electron chi connectivity index (χ1n) is 5.70. The zero-order valence-electron chi connectivity index (χ0n) is 11.1. The molecule has 1 atom stereocenters. The normalized spacial score (nSPS) is 11.8. The number of methoxy groups -OCH3 is 3. The fourth-order valence-electron chi connectivity index (χ4n) is 1.66. The Morgan fingerprint density at radius 3 is 2.11 bits per heavy atom. The van der Waals surface area contributed by atoms with Crippen LogP contribution in [-0.2, 0) is 9.53 Å². The van der Waals surface area contributed by atoms with Crippen LogP contribution in [0.2, 0.25) is 0 Å². The van der Waals surface area contributed by atoms with Crippen molar-refractivity contribution in [3.8, 4) is 11.5 Å². The van der Waals surface area contributed by atoms with E-state index in [1.165, 1.54) is 7.11 Å². The van der Waals surface area contributed by atoms with Crippen LogP contribution in [0.3, 0.4) is 0 Å². The van der Waals surface area contributed by atoms with Crippen molar-refractivity contribution < 1.29 is 19.0 Å². The summed E-state index contributed by atoms with van der Waals surface area (Å²) < 4.78 is 15.1. The molecule has 0 radical (unpaired) electrons. The summed E-state index contributed by atoms with van der Waals surface area (Å²) in [4.78, 5) is 11.7. The van der Waals surface area contributed by atoms with Crippen LogP contribution in [0, 0.1) is 0 Å². The standard InChI is InChI=1S/C13H19NO4/c1-5-14-12(13(15)18-4)9-6-10(16-2)8-11(7-9)17-3/h6-8,12,14H,5H2,1-4H3. The summed E-state index contributed by atoms with van der Waals surface area (Å²) in [6.07, 6.45) is 0. The number of nitrogens with one attached hydrogen (secondary N) is 1. The summed E-state index contributed by atoms with van der Waals surface area (Å²) in [5, 5.41) is 3.07. The largest absolute Gasteiger partial charge is 0.497 e. The summed E-state index contributed by atoms with van der Waals surface area (Å²) in [6, 6.07) is 4.80. The molecule has 18 heavy (non-hydrogen) atoms. The Balaban J connectivity index is 3.13. The van der Waals surface area contributed by atoms with Gasteiger partial charge in [0.1, 0.15) is 17.5 Å². The Bertz CT molecular complexity index is 384. The Hall–Kier alpha value is -1.75. The molecule has 0 aromatic heterocycles. The number of rotatable bonds is 6. The SMILES string of the molecule is CCNC(C(=O)OC)c1cc(OC)cc(OC)c1. The maximum atomic E-state index is 11.7. The van der Waals surface area contributed by atoms with Crippen molar-refractivity contribution in [3.63, 3.8) is 0 Å². The minimum Gasteiger partial charge on any atom is -0.497 e. The molecule has 1 rings (SSSR count). The fraction of sp³-hybridized carbons (Fsp3) is 0.462. The number of hydrogen-bond acceptors (Lipinski definition) is 5. The van der Waals surface area contributed by atoms with Crippen molar-refractivity contribution in [1.29, 1.82) is 0 Å². The molecular formula is C13H19NO4. The molecular weight excluding hydrogens is 234 g/mol. The predicted octanol–water partition coefficient (Wildman–Crippen LogP) is 1.53. The minimum absolute atomic E-state index is 0.341. The van der Waals surface area contributed by atoms with Crippen LogP contribution in [0.4, 0.5) is 0 Å². The lowest BCUT2D eigenvalue weighted by molar-refractivity contribution is -0.143. The third-order valence-electron chi connectivity index (χ3n) is 2.55. The van der Waals surface area contributed by atoms with E-state index < -0.39 is 6.04 Å². The number of carbonyl (C=O) groups excluding carboxylic acids is 1. The molecule has 5 nitrogen and oxygen atoms in total. The molecule has 1 aromatic rings. The van der Waals surface area contributed by atoms with Crippen LogP contribution in [-0.4, -0.2) is 33.8 Å². The number of benzene rings is 1. The van der Waals surface area contributed by atoms with Crippen molar-refractivity contribution in [3.05, 3.63) is 23.8 Å². The van der Waals surface area contributed by atoms with Gasteiger partial charge in [-0.2, -0.15) is 0 Å². The van der Waals surface area contributed by atoms with Gasteiger partial charge in [0, 0.05) is 6.07 Å². The molecule has 1 unspecified atom stereocenters. The van der Waals surface area contributed by atoms with Crippen LogP contribution in [0.5, 0.6) is 11.5 Å². The Morgan fingerprint density at radius 2 is 1.72 bits per heavy atom. The second-order valence-electron chi connectivity index (χ2n) is 3.66. The highest BCUT2D eigenvalue weighted by molar-refractivity contribution is 5.78. The van der Waals surface area contributed by atoms with Crippen molar-refractivity contribution in [1.82, 2.24) is 5.32 Å². The van der Waals surface area contributed by atoms with Crippen LogP contribution in [0.25, 0.3) is 0 Å². The monoisotopic (exact) mass is 253 g/mol. The molecule has 0 heterocycles. The Kier molecular flexibility index (Phi) is 5.45. The van der Waals surface area contributed by atoms with E-state index in [0.29, 0.717) is 18.0 Å². The van der Waals surface area contributed by atoms with Gasteiger partial charge in [-0.15, -0.1) is 0 Å². The molecule has 0 bridgehead atoms. The molecule has 0 aliphatic heterocycles. The summed E-state index contributed by atoms with van der Waals surface area (Å²) >= 11 is 0. The fourth-order valence-corrected chi connectivity index (χ4v) is 1.66. The van der Waals surface area contributed by atoms with Crippen molar-refractivity contribution in [2.45, 2.75) is 13.0 Å². The topological polar surface area (TPSA) is 56.8 Å². The Labute approximate surface area is 107 Å². The van der Waals surface area contributed by atoms with Crippen molar-refractivity contribution >= 4 is 5.97 Å². The quantitative estimate of drug-likeness (QED) is 0.779. The molecule has 0 saturated heterocycles. The molecule has 0 aliphatic rings. The second-order valence-corrected chi connectivity index (χ2v) is 3.66. The van der Waals surface area contributed by atoms with E-state index in [9.17, 15) is 4.79 Å². The maximum Gasteiger partial charge on any atom is 0.327 e. The van der Waals surface area contributed by atoms with Gasteiger partial charge < -0.3 is 19.5 Å². The molecule has 1 aromatic carbocycles. The van der Waals surface area contributed by atoms with Crippen LogP contribution < -0.4 is 14.8 Å². The van der Waals surface area contributed by atoms with Gasteiger partial charge >= 0.3 is 5.97 Å². The summed E-state index contributed by atoms with van der Waals surface area (Å²) in [5.41, 5.74) is 0.750.